The molecule has 1 unspecified atom stereocenters. The van der Waals surface area contributed by atoms with Crippen molar-refractivity contribution in [2.24, 2.45) is 0 Å². The van der Waals surface area contributed by atoms with Crippen LogP contribution >= 0.6 is 47.8 Å². The molecule has 0 amide bonds. The highest BCUT2D eigenvalue weighted by atomic mass is 79.9. The molecule has 0 N–H and O–H groups in total. The van der Waals surface area contributed by atoms with Crippen molar-refractivity contribution >= 4 is 47.8 Å². The van der Waals surface area contributed by atoms with Gasteiger partial charge in [0.15, 0.2) is 0 Å². The molecule has 0 aliphatic heterocycles. The van der Waals surface area contributed by atoms with Gasteiger partial charge in [0.25, 0.3) is 0 Å². The zero-order valence-electron chi connectivity index (χ0n) is 10.5. The van der Waals surface area contributed by atoms with Gasteiger partial charge < -0.3 is 0 Å². The Bertz CT molecular complexity index is 600. The third kappa shape index (κ3) is 3.29. The largest absolute Gasteiger partial charge is 0.207 e. The summed E-state index contributed by atoms with van der Waals surface area (Å²) in [6.45, 7) is 3.87. The highest BCUT2D eigenvalue weighted by Crippen LogP contribution is 2.39. The average Bonchev–Trinajstić information content (AvgIpc) is 2.26. The molecule has 2 aromatic carbocycles. The molecule has 0 saturated heterocycles. The molecule has 0 saturated carbocycles. The summed E-state index contributed by atoms with van der Waals surface area (Å²) in [6, 6.07) is 9.21. The predicted molar refractivity (Wildman–Crippen MR) is 88.5 cm³/mol. The number of halogens is 4. The van der Waals surface area contributed by atoms with Crippen LogP contribution < -0.4 is 0 Å². The summed E-state index contributed by atoms with van der Waals surface area (Å²) >= 11 is 10.7. The van der Waals surface area contributed by atoms with Crippen molar-refractivity contribution in [2.45, 2.75) is 18.7 Å². The minimum atomic E-state index is -0.187. The maximum absolute atomic E-state index is 13.4. The van der Waals surface area contributed by atoms with Crippen LogP contribution in [0.25, 0.3) is 0 Å². The van der Waals surface area contributed by atoms with E-state index in [1.165, 1.54) is 0 Å². The second-order valence-corrected chi connectivity index (χ2v) is 7.17. The van der Waals surface area contributed by atoms with E-state index < -0.39 is 0 Å². The van der Waals surface area contributed by atoms with Gasteiger partial charge in [0.1, 0.15) is 5.82 Å². The summed E-state index contributed by atoms with van der Waals surface area (Å²) in [7, 11) is 0. The zero-order chi connectivity index (χ0) is 14.2. The van der Waals surface area contributed by atoms with E-state index in [4.69, 9.17) is 0 Å². The summed E-state index contributed by atoms with van der Waals surface area (Å²) in [6.07, 6.45) is 0. The number of aryl methyl sites for hydroxylation is 2. The summed E-state index contributed by atoms with van der Waals surface area (Å²) in [5.41, 5.74) is 4.15. The molecule has 1 atom stereocenters. The first-order chi connectivity index (χ1) is 8.90. The summed E-state index contributed by atoms with van der Waals surface area (Å²) in [5, 5.41) is 0. The van der Waals surface area contributed by atoms with Crippen LogP contribution in [0.5, 0.6) is 0 Å². The first-order valence-electron chi connectivity index (χ1n) is 5.76. The van der Waals surface area contributed by atoms with Crippen molar-refractivity contribution in [3.05, 3.63) is 67.3 Å². The Morgan fingerprint density at radius 2 is 1.58 bits per heavy atom. The summed E-state index contributed by atoms with van der Waals surface area (Å²) in [4.78, 5) is 0.0376. The monoisotopic (exact) mass is 448 g/mol. The Kier molecular flexibility index (Phi) is 4.85. The number of hydrogen-bond donors (Lipinski definition) is 0. The van der Waals surface area contributed by atoms with Gasteiger partial charge in [0, 0.05) is 8.95 Å². The van der Waals surface area contributed by atoms with Gasteiger partial charge in [-0.05, 0) is 60.4 Å². The Balaban J connectivity index is 2.53. The highest BCUT2D eigenvalue weighted by Gasteiger charge is 2.18. The van der Waals surface area contributed by atoms with Crippen LogP contribution in [-0.4, -0.2) is 0 Å². The van der Waals surface area contributed by atoms with Crippen molar-refractivity contribution in [2.75, 3.05) is 0 Å². The fourth-order valence-corrected chi connectivity index (χ4v) is 4.89. The lowest BCUT2D eigenvalue weighted by Crippen LogP contribution is -2.01. The fraction of sp³-hybridized carbons (Fsp3) is 0.200. The summed E-state index contributed by atoms with van der Waals surface area (Å²) < 4.78 is 15.4. The minimum Gasteiger partial charge on any atom is -0.207 e. The molecule has 0 radical (unpaired) electrons. The third-order valence-corrected chi connectivity index (χ3v) is 5.18. The summed E-state index contributed by atoms with van der Waals surface area (Å²) in [5.74, 6) is -0.187. The maximum Gasteiger partial charge on any atom is 0.123 e. The molecule has 0 bridgehead atoms. The standard InChI is InChI=1S/C15H12Br3F/c1-8-5-11(19)6-9(2)14(8)15(18)12-4-3-10(16)7-13(12)17/h3-7,15H,1-2H3. The van der Waals surface area contributed by atoms with Gasteiger partial charge in [0.2, 0.25) is 0 Å². The topological polar surface area (TPSA) is 0 Å². The van der Waals surface area contributed by atoms with Crippen molar-refractivity contribution in [3.63, 3.8) is 0 Å². The SMILES string of the molecule is Cc1cc(F)cc(C)c1C(Br)c1ccc(Br)cc1Br. The van der Waals surface area contributed by atoms with Crippen LogP contribution in [0, 0.1) is 19.7 Å². The van der Waals surface area contributed by atoms with E-state index in [1.807, 2.05) is 26.0 Å². The molecule has 2 aromatic rings. The van der Waals surface area contributed by atoms with Crippen LogP contribution in [0.3, 0.4) is 0 Å². The van der Waals surface area contributed by atoms with Crippen LogP contribution in [0.15, 0.2) is 39.3 Å². The van der Waals surface area contributed by atoms with E-state index in [-0.39, 0.29) is 10.6 Å². The van der Waals surface area contributed by atoms with E-state index in [2.05, 4.69) is 53.9 Å². The molecule has 0 aliphatic rings. The number of benzene rings is 2. The lowest BCUT2D eigenvalue weighted by molar-refractivity contribution is 0.624. The van der Waals surface area contributed by atoms with Crippen molar-refractivity contribution in [1.82, 2.24) is 0 Å². The van der Waals surface area contributed by atoms with Gasteiger partial charge in [0.05, 0.1) is 4.83 Å². The number of rotatable bonds is 2. The number of alkyl halides is 1. The highest BCUT2D eigenvalue weighted by molar-refractivity contribution is 9.11. The Labute approximate surface area is 137 Å². The first-order valence-corrected chi connectivity index (χ1v) is 8.26. The zero-order valence-corrected chi connectivity index (χ0v) is 15.2. The Morgan fingerprint density at radius 1 is 1.00 bits per heavy atom. The molecule has 4 heteroatoms. The molecule has 2 rings (SSSR count). The first kappa shape index (κ1) is 15.2. The van der Waals surface area contributed by atoms with Crippen LogP contribution in [0.4, 0.5) is 4.39 Å². The van der Waals surface area contributed by atoms with Crippen molar-refractivity contribution in [3.8, 4) is 0 Å². The van der Waals surface area contributed by atoms with Gasteiger partial charge in [-0.15, -0.1) is 0 Å². The molecule has 100 valence electrons. The minimum absolute atomic E-state index is 0.0376. The molecule has 19 heavy (non-hydrogen) atoms. The lowest BCUT2D eigenvalue weighted by atomic mass is 9.96. The molecule has 0 heterocycles. The number of hydrogen-bond acceptors (Lipinski definition) is 0. The Hall–Kier alpha value is -0.190. The predicted octanol–water partition coefficient (Wildman–Crippen LogP) is 6.45. The smallest absolute Gasteiger partial charge is 0.123 e. The van der Waals surface area contributed by atoms with Crippen LogP contribution in [-0.2, 0) is 0 Å². The van der Waals surface area contributed by atoms with Gasteiger partial charge in [-0.2, -0.15) is 0 Å². The normalized spacial score (nSPS) is 12.5. The molecule has 0 nitrogen and oxygen atoms in total. The fourth-order valence-electron chi connectivity index (χ4n) is 2.18. The van der Waals surface area contributed by atoms with Crippen LogP contribution in [0.1, 0.15) is 27.1 Å². The molecule has 0 fully saturated rings. The molecular weight excluding hydrogens is 439 g/mol. The average molecular weight is 451 g/mol. The van der Waals surface area contributed by atoms with Crippen LogP contribution in [0.2, 0.25) is 0 Å². The van der Waals surface area contributed by atoms with E-state index in [1.54, 1.807) is 12.1 Å². The van der Waals surface area contributed by atoms with Gasteiger partial charge >= 0.3 is 0 Å². The van der Waals surface area contributed by atoms with E-state index in [9.17, 15) is 4.39 Å². The van der Waals surface area contributed by atoms with Gasteiger partial charge in [-0.3, -0.25) is 0 Å². The lowest BCUT2D eigenvalue weighted by Gasteiger charge is -2.18. The third-order valence-electron chi connectivity index (χ3n) is 3.05. The maximum atomic E-state index is 13.4. The van der Waals surface area contributed by atoms with Crippen molar-refractivity contribution < 1.29 is 4.39 Å². The molecule has 0 aliphatic carbocycles. The van der Waals surface area contributed by atoms with E-state index in [0.717, 1.165) is 31.2 Å². The van der Waals surface area contributed by atoms with E-state index in [0.29, 0.717) is 0 Å². The molecule has 0 aromatic heterocycles. The van der Waals surface area contributed by atoms with Gasteiger partial charge in [-0.1, -0.05) is 53.9 Å². The quantitative estimate of drug-likeness (QED) is 0.461. The Morgan fingerprint density at radius 3 is 2.11 bits per heavy atom. The van der Waals surface area contributed by atoms with E-state index >= 15 is 0 Å². The molecular formula is C15H12Br3F. The second-order valence-electron chi connectivity index (χ2n) is 4.48. The molecule has 0 spiro atoms. The van der Waals surface area contributed by atoms with Gasteiger partial charge in [-0.25, -0.2) is 4.39 Å². The second kappa shape index (κ2) is 6.06. The van der Waals surface area contributed by atoms with Crippen molar-refractivity contribution in [1.29, 1.82) is 0 Å².